The standard InChI is InChI=1S/C28H30N4O3S/c1-28(2,3)32-10-6-5-7-18-23(22-15-29-16-36-22)24-19-14-20(26-30-9-12-35-26)21(34-4)13-17(19)8-11-31(24)25(18)27(32)33/h9,12-16H,5-8,10-11H2,1-4H3. The Labute approximate surface area is 214 Å². The van der Waals surface area contributed by atoms with Gasteiger partial charge in [0.05, 0.1) is 35.0 Å². The normalized spacial score (nSPS) is 15.7. The van der Waals surface area contributed by atoms with Crippen LogP contribution in [-0.2, 0) is 19.4 Å². The van der Waals surface area contributed by atoms with E-state index in [0.29, 0.717) is 5.89 Å². The van der Waals surface area contributed by atoms with E-state index in [2.05, 4.69) is 52.3 Å². The fourth-order valence-corrected chi connectivity index (χ4v) is 6.38. The third-order valence-corrected chi connectivity index (χ3v) is 8.10. The predicted molar refractivity (Wildman–Crippen MR) is 140 cm³/mol. The van der Waals surface area contributed by atoms with Crippen molar-refractivity contribution in [1.29, 1.82) is 0 Å². The molecule has 7 nitrogen and oxygen atoms in total. The predicted octanol–water partition coefficient (Wildman–Crippen LogP) is 6.08. The first-order valence-corrected chi connectivity index (χ1v) is 13.3. The highest BCUT2D eigenvalue weighted by Gasteiger charge is 2.37. The van der Waals surface area contributed by atoms with Gasteiger partial charge < -0.3 is 18.6 Å². The zero-order valence-electron chi connectivity index (χ0n) is 21.1. The number of thiazole rings is 1. The summed E-state index contributed by atoms with van der Waals surface area (Å²) in [6.45, 7) is 7.90. The van der Waals surface area contributed by atoms with Crippen LogP contribution in [0.5, 0.6) is 5.75 Å². The maximum absolute atomic E-state index is 14.2. The number of aromatic nitrogens is 3. The molecule has 6 rings (SSSR count). The van der Waals surface area contributed by atoms with Crippen molar-refractivity contribution < 1.29 is 13.9 Å². The van der Waals surface area contributed by atoms with Crippen LogP contribution in [0.15, 0.2) is 40.7 Å². The Balaban J connectivity index is 1.65. The van der Waals surface area contributed by atoms with E-state index >= 15 is 0 Å². The average molecular weight is 503 g/mol. The summed E-state index contributed by atoms with van der Waals surface area (Å²) in [5.41, 5.74) is 8.93. The summed E-state index contributed by atoms with van der Waals surface area (Å²) >= 11 is 1.63. The van der Waals surface area contributed by atoms with Crippen LogP contribution in [0.1, 0.15) is 55.2 Å². The Hall–Kier alpha value is -3.39. The van der Waals surface area contributed by atoms with Crippen molar-refractivity contribution in [1.82, 2.24) is 19.4 Å². The number of benzene rings is 1. The maximum atomic E-state index is 14.2. The van der Waals surface area contributed by atoms with Gasteiger partial charge in [0.2, 0.25) is 5.89 Å². The molecular formula is C28H30N4O3S. The number of oxazole rings is 1. The van der Waals surface area contributed by atoms with Gasteiger partial charge in [-0.25, -0.2) is 4.98 Å². The molecule has 8 heteroatoms. The number of nitrogens with zero attached hydrogens (tertiary/aromatic N) is 4. The molecule has 0 saturated carbocycles. The Morgan fingerprint density at radius 2 is 1.94 bits per heavy atom. The Morgan fingerprint density at radius 1 is 1.08 bits per heavy atom. The number of amides is 1. The van der Waals surface area contributed by atoms with E-state index in [-0.39, 0.29) is 11.4 Å². The monoisotopic (exact) mass is 502 g/mol. The molecule has 0 atom stereocenters. The fraction of sp³-hybridized carbons (Fsp3) is 0.393. The number of carbonyl (C=O) groups is 1. The van der Waals surface area contributed by atoms with Crippen LogP contribution >= 0.6 is 11.3 Å². The molecule has 0 radical (unpaired) electrons. The Kier molecular flexibility index (Phi) is 5.52. The van der Waals surface area contributed by atoms with Gasteiger partial charge in [-0.2, -0.15) is 0 Å². The van der Waals surface area contributed by atoms with Gasteiger partial charge in [0, 0.05) is 36.0 Å². The van der Waals surface area contributed by atoms with Gasteiger partial charge in [-0.05, 0) is 69.7 Å². The molecule has 0 spiro atoms. The molecule has 5 heterocycles. The summed E-state index contributed by atoms with van der Waals surface area (Å²) in [6.07, 6.45) is 8.88. The minimum Gasteiger partial charge on any atom is -0.496 e. The van der Waals surface area contributed by atoms with Gasteiger partial charge >= 0.3 is 0 Å². The number of aryl methyl sites for hydroxylation is 1. The molecule has 0 N–H and O–H groups in total. The third kappa shape index (κ3) is 3.58. The molecule has 2 aliphatic rings. The van der Waals surface area contributed by atoms with Crippen LogP contribution in [0.25, 0.3) is 33.2 Å². The molecule has 0 aliphatic carbocycles. The van der Waals surface area contributed by atoms with Crippen molar-refractivity contribution in [3.05, 3.63) is 53.1 Å². The summed E-state index contributed by atoms with van der Waals surface area (Å²) in [5.74, 6) is 1.38. The molecule has 186 valence electrons. The van der Waals surface area contributed by atoms with E-state index in [1.807, 2.05) is 11.7 Å². The summed E-state index contributed by atoms with van der Waals surface area (Å²) in [7, 11) is 1.67. The molecule has 0 fully saturated rings. The number of fused-ring (bicyclic) bond motifs is 5. The number of ether oxygens (including phenoxy) is 1. The molecule has 3 aromatic heterocycles. The van der Waals surface area contributed by atoms with Gasteiger partial charge in [-0.15, -0.1) is 11.3 Å². The number of methoxy groups -OCH3 is 1. The molecular weight excluding hydrogens is 472 g/mol. The topological polar surface area (TPSA) is 73.4 Å². The van der Waals surface area contributed by atoms with Crippen molar-refractivity contribution in [3.63, 3.8) is 0 Å². The quantitative estimate of drug-likeness (QED) is 0.340. The van der Waals surface area contributed by atoms with Crippen molar-refractivity contribution in [2.75, 3.05) is 13.7 Å². The average Bonchev–Trinajstić information content (AvgIpc) is 3.60. The molecule has 1 aromatic carbocycles. The first-order valence-electron chi connectivity index (χ1n) is 12.5. The van der Waals surface area contributed by atoms with E-state index in [1.165, 1.54) is 5.56 Å². The fourth-order valence-electron chi connectivity index (χ4n) is 5.68. The van der Waals surface area contributed by atoms with Gasteiger partial charge in [-0.1, -0.05) is 0 Å². The lowest BCUT2D eigenvalue weighted by Gasteiger charge is -2.37. The highest BCUT2D eigenvalue weighted by atomic mass is 32.1. The van der Waals surface area contributed by atoms with Gasteiger partial charge in [0.1, 0.15) is 17.7 Å². The Bertz CT molecular complexity index is 1430. The van der Waals surface area contributed by atoms with Crippen molar-refractivity contribution >= 4 is 17.2 Å². The van der Waals surface area contributed by atoms with Crippen molar-refractivity contribution in [2.45, 2.75) is 58.5 Å². The minimum absolute atomic E-state index is 0.124. The summed E-state index contributed by atoms with van der Waals surface area (Å²) in [5, 5.41) is 0. The van der Waals surface area contributed by atoms with Gasteiger partial charge in [0.25, 0.3) is 5.91 Å². The molecule has 0 bridgehead atoms. The van der Waals surface area contributed by atoms with E-state index in [0.717, 1.165) is 83.0 Å². The maximum Gasteiger partial charge on any atom is 0.271 e. The van der Waals surface area contributed by atoms with Gasteiger partial charge in [0.15, 0.2) is 0 Å². The zero-order valence-corrected chi connectivity index (χ0v) is 21.9. The molecule has 36 heavy (non-hydrogen) atoms. The van der Waals surface area contributed by atoms with E-state index in [9.17, 15) is 4.79 Å². The number of rotatable bonds is 3. The van der Waals surface area contributed by atoms with E-state index in [4.69, 9.17) is 9.15 Å². The lowest BCUT2D eigenvalue weighted by atomic mass is 9.91. The molecule has 0 unspecified atom stereocenters. The second-order valence-electron chi connectivity index (χ2n) is 10.4. The summed E-state index contributed by atoms with van der Waals surface area (Å²) in [6, 6.07) is 4.22. The number of hydrogen-bond acceptors (Lipinski definition) is 6. The second-order valence-corrected chi connectivity index (χ2v) is 11.3. The van der Waals surface area contributed by atoms with Gasteiger partial charge in [-0.3, -0.25) is 9.78 Å². The largest absolute Gasteiger partial charge is 0.496 e. The smallest absolute Gasteiger partial charge is 0.271 e. The second kappa shape index (κ2) is 8.62. The lowest BCUT2D eigenvalue weighted by Crippen LogP contribution is -2.47. The summed E-state index contributed by atoms with van der Waals surface area (Å²) < 4.78 is 13.7. The number of carbonyl (C=O) groups excluding carboxylic acids is 1. The lowest BCUT2D eigenvalue weighted by molar-refractivity contribution is 0.0558. The minimum atomic E-state index is -0.251. The zero-order chi connectivity index (χ0) is 25.0. The number of hydrogen-bond donors (Lipinski definition) is 0. The van der Waals surface area contributed by atoms with Crippen LogP contribution in [0, 0.1) is 0 Å². The Morgan fingerprint density at radius 3 is 2.64 bits per heavy atom. The van der Waals surface area contributed by atoms with Crippen LogP contribution in [-0.4, -0.2) is 44.5 Å². The molecule has 4 aromatic rings. The van der Waals surface area contributed by atoms with E-state index in [1.54, 1.807) is 30.9 Å². The first kappa shape index (κ1) is 23.0. The molecule has 2 aliphatic heterocycles. The highest BCUT2D eigenvalue weighted by Crippen LogP contribution is 2.48. The van der Waals surface area contributed by atoms with Crippen molar-refractivity contribution in [3.8, 4) is 38.9 Å². The first-order chi connectivity index (χ1) is 17.4. The van der Waals surface area contributed by atoms with Crippen LogP contribution in [0.4, 0.5) is 0 Å². The van der Waals surface area contributed by atoms with Crippen LogP contribution in [0.3, 0.4) is 0 Å². The van der Waals surface area contributed by atoms with Crippen LogP contribution < -0.4 is 4.74 Å². The third-order valence-electron chi connectivity index (χ3n) is 7.31. The molecule has 1 amide bonds. The highest BCUT2D eigenvalue weighted by molar-refractivity contribution is 7.13. The SMILES string of the molecule is COc1cc2c(cc1-c1ncco1)-c1c(-c3cncs3)c3c(n1CC2)C(=O)N(C(C)(C)C)CCCC3. The van der Waals surface area contributed by atoms with Crippen molar-refractivity contribution in [2.24, 2.45) is 0 Å². The van der Waals surface area contributed by atoms with Crippen LogP contribution in [0.2, 0.25) is 0 Å². The van der Waals surface area contributed by atoms with E-state index < -0.39 is 0 Å². The summed E-state index contributed by atoms with van der Waals surface area (Å²) in [4.78, 5) is 26.1. The molecule has 0 saturated heterocycles.